The summed E-state index contributed by atoms with van der Waals surface area (Å²) < 4.78 is 0. The van der Waals surface area contributed by atoms with Gasteiger partial charge in [-0.2, -0.15) is 0 Å². The van der Waals surface area contributed by atoms with Gasteiger partial charge in [0, 0.05) is 0 Å². The van der Waals surface area contributed by atoms with Crippen LogP contribution in [0, 0.1) is 11.8 Å². The fourth-order valence-corrected chi connectivity index (χ4v) is 2.07. The van der Waals surface area contributed by atoms with Crippen LogP contribution in [-0.2, 0) is 0 Å². The molecule has 1 N–H and O–H groups in total. The fraction of sp³-hybridized carbons (Fsp3) is 1.00. The molecule has 1 saturated carbocycles. The molecule has 0 aliphatic heterocycles. The number of aliphatic hydroxyl groups is 1. The molecule has 0 aromatic heterocycles. The Bertz CT molecular complexity index is 109. The summed E-state index contributed by atoms with van der Waals surface area (Å²) in [6.45, 7) is 4.47. The van der Waals surface area contributed by atoms with E-state index in [9.17, 15) is 5.11 Å². The lowest BCUT2D eigenvalue weighted by Crippen LogP contribution is -2.25. The van der Waals surface area contributed by atoms with Crippen molar-refractivity contribution in [2.24, 2.45) is 11.8 Å². The Labute approximate surface area is 69.8 Å². The largest absolute Gasteiger partial charge is 0.393 e. The monoisotopic (exact) mass is 156 g/mol. The average molecular weight is 156 g/mol. The molecule has 1 nitrogen and oxygen atoms in total. The Morgan fingerprint density at radius 3 is 2.45 bits per heavy atom. The van der Waals surface area contributed by atoms with Crippen LogP contribution >= 0.6 is 0 Å². The SMILES string of the molecule is CC(C)C[C@@H]1CCCC[C@@H]1O. The van der Waals surface area contributed by atoms with Crippen LogP contribution in [0.5, 0.6) is 0 Å². The molecule has 2 atom stereocenters. The Balaban J connectivity index is 2.29. The third-order valence-corrected chi connectivity index (χ3v) is 2.64. The van der Waals surface area contributed by atoms with Gasteiger partial charge >= 0.3 is 0 Å². The maximum absolute atomic E-state index is 9.62. The molecule has 1 rings (SSSR count). The van der Waals surface area contributed by atoms with Crippen molar-refractivity contribution in [3.8, 4) is 0 Å². The van der Waals surface area contributed by atoms with Crippen molar-refractivity contribution < 1.29 is 5.11 Å². The Morgan fingerprint density at radius 2 is 1.91 bits per heavy atom. The van der Waals surface area contributed by atoms with Gasteiger partial charge in [-0.05, 0) is 31.1 Å². The van der Waals surface area contributed by atoms with Crippen LogP contribution in [0.25, 0.3) is 0 Å². The summed E-state index contributed by atoms with van der Waals surface area (Å²) in [5, 5.41) is 9.62. The summed E-state index contributed by atoms with van der Waals surface area (Å²) in [4.78, 5) is 0. The zero-order valence-electron chi connectivity index (χ0n) is 7.71. The van der Waals surface area contributed by atoms with E-state index in [0.717, 1.165) is 12.3 Å². The van der Waals surface area contributed by atoms with E-state index in [1.165, 1.54) is 25.7 Å². The van der Waals surface area contributed by atoms with Crippen molar-refractivity contribution in [3.63, 3.8) is 0 Å². The second kappa shape index (κ2) is 4.10. The van der Waals surface area contributed by atoms with Crippen molar-refractivity contribution in [2.45, 2.75) is 52.1 Å². The Kier molecular flexibility index (Phi) is 3.38. The summed E-state index contributed by atoms with van der Waals surface area (Å²) in [6, 6.07) is 0. The maximum atomic E-state index is 9.62. The lowest BCUT2D eigenvalue weighted by Gasteiger charge is -2.28. The summed E-state index contributed by atoms with van der Waals surface area (Å²) in [5.74, 6) is 1.34. The van der Waals surface area contributed by atoms with Gasteiger partial charge in [0.2, 0.25) is 0 Å². The normalized spacial score (nSPS) is 32.7. The third-order valence-electron chi connectivity index (χ3n) is 2.64. The maximum Gasteiger partial charge on any atom is 0.0568 e. The van der Waals surface area contributed by atoms with E-state index in [4.69, 9.17) is 0 Å². The molecule has 1 aliphatic carbocycles. The molecule has 1 heteroatoms. The van der Waals surface area contributed by atoms with Crippen LogP contribution in [0.3, 0.4) is 0 Å². The lowest BCUT2D eigenvalue weighted by molar-refractivity contribution is 0.0587. The Morgan fingerprint density at radius 1 is 1.27 bits per heavy atom. The molecule has 0 heterocycles. The van der Waals surface area contributed by atoms with Gasteiger partial charge in [0.1, 0.15) is 0 Å². The lowest BCUT2D eigenvalue weighted by atomic mass is 9.81. The van der Waals surface area contributed by atoms with Crippen LogP contribution in [0.15, 0.2) is 0 Å². The van der Waals surface area contributed by atoms with Crippen molar-refractivity contribution >= 4 is 0 Å². The highest BCUT2D eigenvalue weighted by molar-refractivity contribution is 4.74. The van der Waals surface area contributed by atoms with Gasteiger partial charge in [0.25, 0.3) is 0 Å². The van der Waals surface area contributed by atoms with Gasteiger partial charge in [-0.1, -0.05) is 26.7 Å². The Hall–Kier alpha value is -0.0400. The van der Waals surface area contributed by atoms with E-state index in [1.54, 1.807) is 0 Å². The molecule has 0 spiro atoms. The van der Waals surface area contributed by atoms with E-state index in [2.05, 4.69) is 13.8 Å². The van der Waals surface area contributed by atoms with E-state index < -0.39 is 0 Å². The van der Waals surface area contributed by atoms with Gasteiger partial charge in [-0.15, -0.1) is 0 Å². The summed E-state index contributed by atoms with van der Waals surface area (Å²) >= 11 is 0. The molecule has 0 saturated heterocycles. The molecule has 0 bridgehead atoms. The predicted octanol–water partition coefficient (Wildman–Crippen LogP) is 2.58. The van der Waals surface area contributed by atoms with E-state index in [-0.39, 0.29) is 6.10 Å². The van der Waals surface area contributed by atoms with Gasteiger partial charge in [0.05, 0.1) is 6.10 Å². The molecule has 0 aromatic carbocycles. The smallest absolute Gasteiger partial charge is 0.0568 e. The number of rotatable bonds is 2. The van der Waals surface area contributed by atoms with Gasteiger partial charge in [-0.25, -0.2) is 0 Å². The highest BCUT2D eigenvalue weighted by Gasteiger charge is 2.23. The van der Waals surface area contributed by atoms with Crippen molar-refractivity contribution in [2.75, 3.05) is 0 Å². The van der Waals surface area contributed by atoms with Gasteiger partial charge in [-0.3, -0.25) is 0 Å². The van der Waals surface area contributed by atoms with Crippen LogP contribution < -0.4 is 0 Å². The zero-order valence-corrected chi connectivity index (χ0v) is 7.71. The van der Waals surface area contributed by atoms with Crippen LogP contribution in [0.4, 0.5) is 0 Å². The topological polar surface area (TPSA) is 20.2 Å². The molecule has 1 fully saturated rings. The predicted molar refractivity (Wildman–Crippen MR) is 47.4 cm³/mol. The minimum absolute atomic E-state index is 0.00569. The highest BCUT2D eigenvalue weighted by atomic mass is 16.3. The first-order valence-electron chi connectivity index (χ1n) is 4.88. The quantitative estimate of drug-likeness (QED) is 0.651. The molecule has 66 valence electrons. The molecule has 1 aliphatic rings. The molecule has 0 aromatic rings. The minimum Gasteiger partial charge on any atom is -0.393 e. The first-order valence-corrected chi connectivity index (χ1v) is 4.88. The minimum atomic E-state index is 0.00569. The van der Waals surface area contributed by atoms with Crippen LogP contribution in [0.2, 0.25) is 0 Å². The first kappa shape index (κ1) is 9.05. The first-order chi connectivity index (χ1) is 5.20. The molecular formula is C10H20O. The highest BCUT2D eigenvalue weighted by Crippen LogP contribution is 2.29. The second-order valence-corrected chi connectivity index (χ2v) is 4.24. The average Bonchev–Trinajstić information content (AvgIpc) is 1.93. The number of hydrogen-bond acceptors (Lipinski definition) is 1. The molecular weight excluding hydrogens is 136 g/mol. The summed E-state index contributed by atoms with van der Waals surface area (Å²) in [5.41, 5.74) is 0. The molecule has 0 amide bonds. The second-order valence-electron chi connectivity index (χ2n) is 4.24. The number of hydrogen-bond donors (Lipinski definition) is 1. The molecule has 11 heavy (non-hydrogen) atoms. The fourth-order valence-electron chi connectivity index (χ4n) is 2.07. The zero-order chi connectivity index (χ0) is 8.27. The standard InChI is InChI=1S/C10H20O/c1-8(2)7-9-5-3-4-6-10(9)11/h8-11H,3-7H2,1-2H3/t9-,10-/m0/s1. The molecule has 0 unspecified atom stereocenters. The van der Waals surface area contributed by atoms with Crippen LogP contribution in [0.1, 0.15) is 46.0 Å². The van der Waals surface area contributed by atoms with Gasteiger partial charge < -0.3 is 5.11 Å². The van der Waals surface area contributed by atoms with E-state index >= 15 is 0 Å². The summed E-state index contributed by atoms with van der Waals surface area (Å²) in [7, 11) is 0. The van der Waals surface area contributed by atoms with Gasteiger partial charge in [0.15, 0.2) is 0 Å². The van der Waals surface area contributed by atoms with Crippen molar-refractivity contribution in [1.29, 1.82) is 0 Å². The van der Waals surface area contributed by atoms with Crippen molar-refractivity contribution in [1.82, 2.24) is 0 Å². The molecule has 0 radical (unpaired) electrons. The van der Waals surface area contributed by atoms with Crippen LogP contribution in [-0.4, -0.2) is 11.2 Å². The van der Waals surface area contributed by atoms with E-state index in [0.29, 0.717) is 5.92 Å². The summed E-state index contributed by atoms with van der Waals surface area (Å²) in [6.07, 6.45) is 6.06. The van der Waals surface area contributed by atoms with E-state index in [1.807, 2.05) is 0 Å². The number of aliphatic hydroxyl groups excluding tert-OH is 1. The van der Waals surface area contributed by atoms with Crippen molar-refractivity contribution in [3.05, 3.63) is 0 Å². The third kappa shape index (κ3) is 2.82.